The van der Waals surface area contributed by atoms with Gasteiger partial charge < -0.3 is 4.74 Å². The van der Waals surface area contributed by atoms with E-state index >= 15 is 0 Å². The maximum Gasteiger partial charge on any atom is 0.106 e. The van der Waals surface area contributed by atoms with E-state index in [4.69, 9.17) is 6.11 Å². The van der Waals surface area contributed by atoms with E-state index in [-0.39, 0.29) is 0 Å². The number of hydrogen-bond donors (Lipinski definition) is 0. The molecule has 0 aromatic carbocycles. The quantitative estimate of drug-likeness (QED) is 0.426. The first kappa shape index (κ1) is 2.45. The number of rotatable bonds is 0. The summed E-state index contributed by atoms with van der Waals surface area (Å²) in [6.45, 7) is 0.551. The van der Waals surface area contributed by atoms with Gasteiger partial charge in [0, 0.05) is 0 Å². The average Bonchev–Trinajstić information content (AvgIpc) is 1.69. The Kier molecular flexibility index (Phi) is 0.675. The van der Waals surface area contributed by atoms with Crippen molar-refractivity contribution in [2.75, 3.05) is 6.61 Å². The molecule has 0 radical (unpaired) electrons. The molecular formula is C5H6O. The Morgan fingerprint density at radius 3 is 3.17 bits per heavy atom. The standard InChI is InChI=1S/C5H6O/c1-2-4-6-5-3-1/h1-4H,5H2/i1D. The second-order valence-electron chi connectivity index (χ2n) is 1.01. The molecule has 0 bridgehead atoms. The molecule has 0 saturated heterocycles. The Balaban J connectivity index is 2.58. The molecule has 32 valence electrons. The van der Waals surface area contributed by atoms with E-state index in [2.05, 4.69) is 0 Å². The van der Waals surface area contributed by atoms with Crippen molar-refractivity contribution in [2.24, 2.45) is 0 Å². The van der Waals surface area contributed by atoms with Crippen molar-refractivity contribution in [3.63, 3.8) is 0 Å². The molecule has 1 heterocycles. The molecule has 0 saturated carbocycles. The summed E-state index contributed by atoms with van der Waals surface area (Å²) in [6.07, 6.45) is 4.85. The Labute approximate surface area is 38.3 Å². The lowest BCUT2D eigenvalue weighted by atomic mass is 10.5. The summed E-state index contributed by atoms with van der Waals surface area (Å²) in [5, 5.41) is 0. The van der Waals surface area contributed by atoms with Gasteiger partial charge in [0.05, 0.1) is 7.63 Å². The smallest absolute Gasteiger partial charge is 0.106 e. The van der Waals surface area contributed by atoms with Crippen LogP contribution in [-0.4, -0.2) is 6.61 Å². The van der Waals surface area contributed by atoms with E-state index in [1.807, 2.05) is 0 Å². The summed E-state index contributed by atoms with van der Waals surface area (Å²) >= 11 is 0. The monoisotopic (exact) mass is 83.0 g/mol. The zero-order valence-corrected chi connectivity index (χ0v) is 3.35. The first-order valence-corrected chi connectivity index (χ1v) is 1.84. The van der Waals surface area contributed by atoms with Gasteiger partial charge in [0.15, 0.2) is 0 Å². The van der Waals surface area contributed by atoms with E-state index in [1.54, 1.807) is 12.2 Å². The van der Waals surface area contributed by atoms with Crippen LogP contribution in [0.25, 0.3) is 0 Å². The second-order valence-corrected chi connectivity index (χ2v) is 1.01. The fourth-order valence-corrected chi connectivity index (χ4v) is 0.307. The van der Waals surface area contributed by atoms with Crippen molar-refractivity contribution >= 4 is 0 Å². The highest BCUT2D eigenvalue weighted by atomic mass is 16.5. The Morgan fingerprint density at radius 1 is 1.83 bits per heavy atom. The molecule has 1 nitrogen and oxygen atoms in total. The molecule has 0 unspecified atom stereocenters. The lowest BCUT2D eigenvalue weighted by molar-refractivity contribution is 0.286. The van der Waals surface area contributed by atoms with Crippen LogP contribution in [-0.2, 0) is 4.74 Å². The van der Waals surface area contributed by atoms with Crippen molar-refractivity contribution in [1.82, 2.24) is 0 Å². The van der Waals surface area contributed by atoms with Gasteiger partial charge in [-0.3, -0.25) is 0 Å². The molecule has 0 N–H and O–H groups in total. The molecule has 0 atom stereocenters. The van der Waals surface area contributed by atoms with Crippen LogP contribution in [0.3, 0.4) is 0 Å². The first-order chi connectivity index (χ1) is 3.39. The minimum Gasteiger partial charge on any atom is -0.497 e. The molecule has 0 fully saturated rings. The van der Waals surface area contributed by atoms with Gasteiger partial charge in [-0.2, -0.15) is 0 Å². The zero-order valence-electron chi connectivity index (χ0n) is 4.35. The zero-order chi connectivity index (χ0) is 5.11. The summed E-state index contributed by atoms with van der Waals surface area (Å²) in [6, 6.07) is 0.534. The van der Waals surface area contributed by atoms with Crippen molar-refractivity contribution in [3.05, 3.63) is 24.5 Å². The molecule has 1 rings (SSSR count). The molecule has 0 amide bonds. The fraction of sp³-hybridized carbons (Fsp3) is 0.200. The topological polar surface area (TPSA) is 9.23 Å². The molecule has 1 aliphatic heterocycles. The Bertz CT molecular complexity index is 115. The van der Waals surface area contributed by atoms with Crippen LogP contribution in [0, 0.1) is 0 Å². The lowest BCUT2D eigenvalue weighted by Gasteiger charge is -1.94. The van der Waals surface area contributed by atoms with Crippen LogP contribution >= 0.6 is 0 Å². The van der Waals surface area contributed by atoms with Gasteiger partial charge in [0.1, 0.15) is 6.61 Å². The van der Waals surface area contributed by atoms with Crippen LogP contribution in [0.2, 0.25) is 0 Å². The Hall–Kier alpha value is -0.720. The van der Waals surface area contributed by atoms with Gasteiger partial charge in [0.2, 0.25) is 0 Å². The molecule has 0 spiro atoms. The summed E-state index contributed by atoms with van der Waals surface area (Å²) in [7, 11) is 0. The van der Waals surface area contributed by atoms with E-state index in [0.29, 0.717) is 12.7 Å². The maximum absolute atomic E-state index is 6.97. The summed E-state index contributed by atoms with van der Waals surface area (Å²) in [5.41, 5.74) is 0. The highest BCUT2D eigenvalue weighted by molar-refractivity contribution is 5.02. The van der Waals surface area contributed by atoms with Crippen molar-refractivity contribution in [2.45, 2.75) is 0 Å². The molecular weight excluding hydrogens is 76.1 g/mol. The van der Waals surface area contributed by atoms with E-state index in [9.17, 15) is 0 Å². The van der Waals surface area contributed by atoms with E-state index in [0.717, 1.165) is 0 Å². The lowest BCUT2D eigenvalue weighted by Crippen LogP contribution is -1.82. The molecule has 6 heavy (non-hydrogen) atoms. The van der Waals surface area contributed by atoms with Crippen LogP contribution in [0.4, 0.5) is 0 Å². The van der Waals surface area contributed by atoms with E-state index < -0.39 is 0 Å². The number of ether oxygens (including phenoxy) is 1. The van der Waals surface area contributed by atoms with Gasteiger partial charge in [-0.15, -0.1) is 0 Å². The van der Waals surface area contributed by atoms with Gasteiger partial charge in [-0.25, -0.2) is 0 Å². The van der Waals surface area contributed by atoms with Crippen molar-refractivity contribution in [1.29, 1.82) is 0 Å². The number of allylic oxidation sites excluding steroid dienone is 2. The SMILES string of the molecule is [2H]C1=CCOC=C1. The number of hydrogen-bond acceptors (Lipinski definition) is 1. The van der Waals surface area contributed by atoms with Gasteiger partial charge in [-0.1, -0.05) is 6.05 Å². The molecule has 0 aromatic rings. The summed E-state index contributed by atoms with van der Waals surface area (Å²) < 4.78 is 11.7. The van der Waals surface area contributed by atoms with Crippen LogP contribution < -0.4 is 0 Å². The van der Waals surface area contributed by atoms with Crippen molar-refractivity contribution < 1.29 is 6.11 Å². The second kappa shape index (κ2) is 1.65. The third kappa shape index (κ3) is 0.612. The molecule has 1 heteroatoms. The largest absolute Gasteiger partial charge is 0.497 e. The summed E-state index contributed by atoms with van der Waals surface area (Å²) in [4.78, 5) is 0. The highest BCUT2D eigenvalue weighted by Gasteiger charge is 1.75. The van der Waals surface area contributed by atoms with Gasteiger partial charge >= 0.3 is 0 Å². The first-order valence-electron chi connectivity index (χ1n) is 2.34. The third-order valence-corrected chi connectivity index (χ3v) is 0.558. The molecule has 0 aromatic heterocycles. The minimum atomic E-state index is 0.534. The predicted octanol–water partition coefficient (Wildman–Crippen LogP) is 1.09. The Morgan fingerprint density at radius 2 is 2.83 bits per heavy atom. The predicted molar refractivity (Wildman–Crippen MR) is 24.2 cm³/mol. The fourth-order valence-electron chi connectivity index (χ4n) is 0.307. The molecule has 0 aliphatic carbocycles. The van der Waals surface area contributed by atoms with Crippen LogP contribution in [0.1, 0.15) is 1.37 Å². The summed E-state index contributed by atoms with van der Waals surface area (Å²) in [5.74, 6) is 0. The van der Waals surface area contributed by atoms with Crippen LogP contribution in [0.5, 0.6) is 0 Å². The highest BCUT2D eigenvalue weighted by Crippen LogP contribution is 1.87. The van der Waals surface area contributed by atoms with Gasteiger partial charge in [-0.05, 0) is 12.2 Å². The maximum atomic E-state index is 6.97. The normalized spacial score (nSPS) is 21.3. The van der Waals surface area contributed by atoms with Crippen LogP contribution in [0.15, 0.2) is 24.5 Å². The molecule has 1 aliphatic rings. The average molecular weight is 83.1 g/mol. The van der Waals surface area contributed by atoms with Crippen molar-refractivity contribution in [3.8, 4) is 0 Å². The van der Waals surface area contributed by atoms with Gasteiger partial charge in [0.25, 0.3) is 0 Å². The third-order valence-electron chi connectivity index (χ3n) is 0.558. The van der Waals surface area contributed by atoms with E-state index in [1.165, 1.54) is 6.26 Å². The minimum absolute atomic E-state index is 0.534.